The fraction of sp³-hybridized carbons (Fsp3) is 0.353. The Labute approximate surface area is 140 Å². The van der Waals surface area contributed by atoms with Gasteiger partial charge in [0.25, 0.3) is 5.91 Å². The number of nitrogens with zero attached hydrogens (tertiary/aromatic N) is 2. The van der Waals surface area contributed by atoms with E-state index >= 15 is 0 Å². The maximum atomic E-state index is 12.3. The molecule has 0 aliphatic rings. The van der Waals surface area contributed by atoms with Crippen LogP contribution in [0.3, 0.4) is 0 Å². The fourth-order valence-electron chi connectivity index (χ4n) is 1.99. The highest BCUT2D eigenvalue weighted by molar-refractivity contribution is 7.99. The molecule has 1 aromatic carbocycles. The Morgan fingerprint density at radius 2 is 1.96 bits per heavy atom. The summed E-state index contributed by atoms with van der Waals surface area (Å²) in [6.45, 7) is 6.93. The molecular weight excluding hydrogens is 310 g/mol. The quantitative estimate of drug-likeness (QED) is 0.623. The van der Waals surface area contributed by atoms with Gasteiger partial charge in [0.15, 0.2) is 5.16 Å². The van der Waals surface area contributed by atoms with Gasteiger partial charge in [-0.2, -0.15) is 0 Å². The van der Waals surface area contributed by atoms with E-state index in [1.807, 2.05) is 45.0 Å². The topological polar surface area (TPSA) is 64.1 Å². The van der Waals surface area contributed by atoms with Crippen molar-refractivity contribution in [2.24, 2.45) is 0 Å². The zero-order valence-electron chi connectivity index (χ0n) is 13.6. The Bertz CT molecular complexity index is 659. The number of hydrogen-bond donors (Lipinski definition) is 1. The maximum absolute atomic E-state index is 12.3. The first kappa shape index (κ1) is 17.3. The third kappa shape index (κ3) is 5.25. The summed E-state index contributed by atoms with van der Waals surface area (Å²) in [7, 11) is 0. The van der Waals surface area contributed by atoms with Crippen LogP contribution < -0.4 is 10.1 Å². The minimum absolute atomic E-state index is 0.192. The first-order valence-corrected chi connectivity index (χ1v) is 8.59. The van der Waals surface area contributed by atoms with Crippen molar-refractivity contribution in [2.75, 3.05) is 12.4 Å². The Hall–Kier alpha value is -2.08. The zero-order valence-corrected chi connectivity index (χ0v) is 14.4. The summed E-state index contributed by atoms with van der Waals surface area (Å²) < 4.78 is 5.40. The highest BCUT2D eigenvalue weighted by Crippen LogP contribution is 2.14. The van der Waals surface area contributed by atoms with Crippen LogP contribution in [0.4, 0.5) is 0 Å². The number of carbonyl (C=O) groups is 1. The van der Waals surface area contributed by atoms with Gasteiger partial charge < -0.3 is 10.1 Å². The predicted molar refractivity (Wildman–Crippen MR) is 91.9 cm³/mol. The van der Waals surface area contributed by atoms with Crippen LogP contribution in [0.5, 0.6) is 5.75 Å². The summed E-state index contributed by atoms with van der Waals surface area (Å²) in [6.07, 6.45) is 0. The van der Waals surface area contributed by atoms with Crippen LogP contribution >= 0.6 is 11.8 Å². The highest BCUT2D eigenvalue weighted by atomic mass is 32.2. The van der Waals surface area contributed by atoms with Gasteiger partial charge in [0.2, 0.25) is 0 Å². The van der Waals surface area contributed by atoms with Gasteiger partial charge in [-0.3, -0.25) is 4.79 Å². The van der Waals surface area contributed by atoms with Gasteiger partial charge in [-0.15, -0.1) is 0 Å². The van der Waals surface area contributed by atoms with Crippen molar-refractivity contribution in [2.45, 2.75) is 32.5 Å². The summed E-state index contributed by atoms with van der Waals surface area (Å²) >= 11 is 1.53. The largest absolute Gasteiger partial charge is 0.494 e. The number of amides is 1. The molecule has 0 fully saturated rings. The van der Waals surface area contributed by atoms with Gasteiger partial charge in [0, 0.05) is 12.2 Å². The number of aryl methyl sites for hydroxylation is 1. The van der Waals surface area contributed by atoms with Crippen molar-refractivity contribution in [1.29, 1.82) is 0 Å². The molecular formula is C17H21N3O2S. The van der Waals surface area contributed by atoms with Crippen LogP contribution in [0.1, 0.15) is 35.6 Å². The normalized spacial score (nSPS) is 10.4. The van der Waals surface area contributed by atoms with Crippen LogP contribution in [-0.2, 0) is 6.54 Å². The van der Waals surface area contributed by atoms with Crippen molar-refractivity contribution in [3.63, 3.8) is 0 Å². The molecule has 0 unspecified atom stereocenters. The zero-order chi connectivity index (χ0) is 16.7. The molecule has 1 amide bonds. The third-order valence-corrected chi connectivity index (χ3v) is 3.76. The van der Waals surface area contributed by atoms with Crippen LogP contribution in [0.15, 0.2) is 35.5 Å². The van der Waals surface area contributed by atoms with Gasteiger partial charge in [-0.05, 0) is 43.4 Å². The summed E-state index contributed by atoms with van der Waals surface area (Å²) in [5.74, 6) is 1.51. The SMILES string of the molecule is CCOc1ccc(CNC(=O)c2cc(C)nc(SCC)n2)cc1. The molecule has 1 aromatic heterocycles. The van der Waals surface area contributed by atoms with Gasteiger partial charge >= 0.3 is 0 Å². The maximum Gasteiger partial charge on any atom is 0.270 e. The number of thioether (sulfide) groups is 1. The van der Waals surface area contributed by atoms with E-state index < -0.39 is 0 Å². The molecule has 0 aliphatic carbocycles. The molecule has 1 heterocycles. The minimum atomic E-state index is -0.192. The Balaban J connectivity index is 1.99. The van der Waals surface area contributed by atoms with E-state index in [2.05, 4.69) is 15.3 Å². The molecule has 0 saturated heterocycles. The lowest BCUT2D eigenvalue weighted by Gasteiger charge is -2.08. The number of aromatic nitrogens is 2. The number of rotatable bonds is 7. The predicted octanol–water partition coefficient (Wildman–Crippen LogP) is 3.23. The van der Waals surface area contributed by atoms with Crippen molar-refractivity contribution in [3.05, 3.63) is 47.3 Å². The molecule has 0 bridgehead atoms. The van der Waals surface area contributed by atoms with Crippen molar-refractivity contribution in [3.8, 4) is 5.75 Å². The lowest BCUT2D eigenvalue weighted by Crippen LogP contribution is -2.24. The Morgan fingerprint density at radius 1 is 1.22 bits per heavy atom. The summed E-state index contributed by atoms with van der Waals surface area (Å²) in [5.41, 5.74) is 2.21. The number of hydrogen-bond acceptors (Lipinski definition) is 5. The Kier molecular flexibility index (Phi) is 6.40. The monoisotopic (exact) mass is 331 g/mol. The Morgan fingerprint density at radius 3 is 2.61 bits per heavy atom. The number of ether oxygens (including phenoxy) is 1. The smallest absolute Gasteiger partial charge is 0.270 e. The second kappa shape index (κ2) is 8.53. The van der Waals surface area contributed by atoms with Crippen molar-refractivity contribution >= 4 is 17.7 Å². The third-order valence-electron chi connectivity index (χ3n) is 3.03. The van der Waals surface area contributed by atoms with E-state index in [0.29, 0.717) is 24.0 Å². The lowest BCUT2D eigenvalue weighted by atomic mass is 10.2. The van der Waals surface area contributed by atoms with Crippen LogP contribution in [0.2, 0.25) is 0 Å². The van der Waals surface area contributed by atoms with E-state index in [1.54, 1.807) is 6.07 Å². The molecule has 0 spiro atoms. The number of benzene rings is 1. The minimum Gasteiger partial charge on any atom is -0.494 e. The van der Waals surface area contributed by atoms with Crippen LogP contribution in [0.25, 0.3) is 0 Å². The molecule has 2 rings (SSSR count). The molecule has 6 heteroatoms. The van der Waals surface area contributed by atoms with Crippen LogP contribution in [0, 0.1) is 6.92 Å². The first-order chi connectivity index (χ1) is 11.1. The molecule has 0 aliphatic heterocycles. The van der Waals surface area contributed by atoms with E-state index in [0.717, 1.165) is 22.8 Å². The second-order valence-electron chi connectivity index (χ2n) is 4.87. The van der Waals surface area contributed by atoms with Gasteiger partial charge in [-0.25, -0.2) is 9.97 Å². The summed E-state index contributed by atoms with van der Waals surface area (Å²) in [5, 5.41) is 3.52. The van der Waals surface area contributed by atoms with E-state index in [9.17, 15) is 4.79 Å². The molecule has 0 radical (unpaired) electrons. The highest BCUT2D eigenvalue weighted by Gasteiger charge is 2.10. The first-order valence-electron chi connectivity index (χ1n) is 7.60. The molecule has 122 valence electrons. The van der Waals surface area contributed by atoms with E-state index in [4.69, 9.17) is 4.74 Å². The molecule has 2 aromatic rings. The van der Waals surface area contributed by atoms with Gasteiger partial charge in [0.05, 0.1) is 6.61 Å². The molecule has 23 heavy (non-hydrogen) atoms. The van der Waals surface area contributed by atoms with E-state index in [-0.39, 0.29) is 5.91 Å². The summed E-state index contributed by atoms with van der Waals surface area (Å²) in [6, 6.07) is 9.38. The average molecular weight is 331 g/mol. The van der Waals surface area contributed by atoms with Gasteiger partial charge in [0.1, 0.15) is 11.4 Å². The van der Waals surface area contributed by atoms with Crippen LogP contribution in [-0.4, -0.2) is 28.2 Å². The molecule has 1 N–H and O–H groups in total. The molecule has 0 atom stereocenters. The summed E-state index contributed by atoms with van der Waals surface area (Å²) in [4.78, 5) is 20.9. The standard InChI is InChI=1S/C17H21N3O2S/c1-4-22-14-8-6-13(7-9-14)11-18-16(21)15-10-12(3)19-17(20-15)23-5-2/h6-10H,4-5,11H2,1-3H3,(H,18,21). The molecule has 5 nitrogen and oxygen atoms in total. The number of carbonyl (C=O) groups excluding carboxylic acids is 1. The van der Waals surface area contributed by atoms with Crippen molar-refractivity contribution < 1.29 is 9.53 Å². The fourth-order valence-corrected chi connectivity index (χ4v) is 2.62. The van der Waals surface area contributed by atoms with Gasteiger partial charge in [-0.1, -0.05) is 30.8 Å². The van der Waals surface area contributed by atoms with E-state index in [1.165, 1.54) is 11.8 Å². The lowest BCUT2D eigenvalue weighted by molar-refractivity contribution is 0.0945. The second-order valence-corrected chi connectivity index (χ2v) is 6.10. The average Bonchev–Trinajstić information content (AvgIpc) is 2.54. The molecule has 0 saturated carbocycles. The number of nitrogens with one attached hydrogen (secondary N) is 1. The van der Waals surface area contributed by atoms with Crippen molar-refractivity contribution in [1.82, 2.24) is 15.3 Å².